The Bertz CT molecular complexity index is 855. The van der Waals surface area contributed by atoms with Crippen LogP contribution in [0.25, 0.3) is 0 Å². The number of benzene rings is 1. The second-order valence-corrected chi connectivity index (χ2v) is 7.20. The lowest BCUT2D eigenvalue weighted by Crippen LogP contribution is -2.20. The third-order valence-corrected chi connectivity index (χ3v) is 5.23. The topological polar surface area (TPSA) is 76.3 Å². The van der Waals surface area contributed by atoms with Gasteiger partial charge in [0.1, 0.15) is 10.9 Å². The Kier molecular flexibility index (Phi) is 5.66. The van der Waals surface area contributed by atoms with E-state index < -0.39 is 10.0 Å². The molecule has 1 aliphatic heterocycles. The van der Waals surface area contributed by atoms with Crippen molar-refractivity contribution >= 4 is 27.3 Å². The first-order valence-corrected chi connectivity index (χ1v) is 9.62. The second-order valence-electron chi connectivity index (χ2n) is 5.18. The molecule has 0 unspecified atom stereocenters. The molecule has 0 aliphatic carbocycles. The predicted octanol–water partition coefficient (Wildman–Crippen LogP) is 3.27. The van der Waals surface area contributed by atoms with Crippen LogP contribution in [0.5, 0.6) is 0 Å². The van der Waals surface area contributed by atoms with Crippen molar-refractivity contribution in [1.29, 1.82) is 0 Å². The van der Waals surface area contributed by atoms with E-state index in [9.17, 15) is 8.42 Å². The monoisotopic (exact) mass is 368 g/mol. The van der Waals surface area contributed by atoms with E-state index in [0.717, 1.165) is 5.56 Å². The van der Waals surface area contributed by atoms with Crippen molar-refractivity contribution in [1.82, 2.24) is 14.4 Å². The number of hydrogen-bond donors (Lipinski definition) is 1. The van der Waals surface area contributed by atoms with Gasteiger partial charge in [-0.15, -0.1) is 0 Å². The molecule has 6 nitrogen and oxygen atoms in total. The molecule has 1 N–H and O–H groups in total. The fourth-order valence-electron chi connectivity index (χ4n) is 2.30. The summed E-state index contributed by atoms with van der Waals surface area (Å²) in [5.74, 6) is 0.620. The lowest BCUT2D eigenvalue weighted by atomic mass is 10.2. The third kappa shape index (κ3) is 3.62. The maximum atomic E-state index is 12.2. The molecule has 130 valence electrons. The van der Waals surface area contributed by atoms with Crippen molar-refractivity contribution in [2.75, 3.05) is 0 Å². The molecule has 0 saturated carbocycles. The van der Waals surface area contributed by atoms with E-state index in [0.29, 0.717) is 35.3 Å². The summed E-state index contributed by atoms with van der Waals surface area (Å²) >= 11 is 6.13. The fraction of sp³-hybridized carbons (Fsp3) is 0.375. The number of hydrogen-bond acceptors (Lipinski definition) is 4. The van der Waals surface area contributed by atoms with Crippen LogP contribution in [0.3, 0.4) is 0 Å². The Balaban J connectivity index is 0.00000100. The molecule has 1 aromatic carbocycles. The lowest BCUT2D eigenvalue weighted by Gasteiger charge is -2.04. The van der Waals surface area contributed by atoms with Crippen molar-refractivity contribution in [2.45, 2.75) is 45.6 Å². The van der Waals surface area contributed by atoms with Gasteiger partial charge in [-0.1, -0.05) is 43.1 Å². The zero-order chi connectivity index (χ0) is 17.9. The molecule has 2 aromatic rings. The Morgan fingerprint density at radius 2 is 1.83 bits per heavy atom. The Morgan fingerprint density at radius 3 is 2.46 bits per heavy atom. The molecule has 0 bridgehead atoms. The van der Waals surface area contributed by atoms with Crippen LogP contribution in [0.2, 0.25) is 5.15 Å². The minimum Gasteiger partial charge on any atom is -0.313 e. The minimum atomic E-state index is -3.68. The summed E-state index contributed by atoms with van der Waals surface area (Å²) in [5.41, 5.74) is 2.30. The van der Waals surface area contributed by atoms with E-state index >= 15 is 0 Å². The SMILES string of the molecule is CC.Cc1ccc(S(=O)(=O)N/N=C2\CCn3c2nc(C)c3Cl)cc1. The smallest absolute Gasteiger partial charge is 0.276 e. The molecule has 1 aromatic heterocycles. The first kappa shape index (κ1) is 18.5. The van der Waals surface area contributed by atoms with Gasteiger partial charge in [-0.25, -0.2) is 4.98 Å². The molecular weight excluding hydrogens is 348 g/mol. The highest BCUT2D eigenvalue weighted by Gasteiger charge is 2.24. The van der Waals surface area contributed by atoms with Gasteiger partial charge in [0.05, 0.1) is 10.6 Å². The van der Waals surface area contributed by atoms with Crippen molar-refractivity contribution < 1.29 is 8.42 Å². The molecule has 3 rings (SSSR count). The van der Waals surface area contributed by atoms with E-state index in [4.69, 9.17) is 11.6 Å². The maximum absolute atomic E-state index is 12.2. The zero-order valence-electron chi connectivity index (χ0n) is 14.2. The van der Waals surface area contributed by atoms with E-state index in [-0.39, 0.29) is 4.90 Å². The Labute approximate surface area is 147 Å². The van der Waals surface area contributed by atoms with Crippen molar-refractivity contribution in [3.8, 4) is 0 Å². The summed E-state index contributed by atoms with van der Waals surface area (Å²) in [4.78, 5) is 6.77. The molecule has 0 amide bonds. The minimum absolute atomic E-state index is 0.179. The number of nitrogens with one attached hydrogen (secondary N) is 1. The van der Waals surface area contributed by atoms with Crippen LogP contribution in [-0.2, 0) is 16.6 Å². The predicted molar refractivity (Wildman–Crippen MR) is 96.0 cm³/mol. The van der Waals surface area contributed by atoms with E-state index in [1.807, 2.05) is 32.3 Å². The summed E-state index contributed by atoms with van der Waals surface area (Å²) in [6.07, 6.45) is 0.596. The van der Waals surface area contributed by atoms with Crippen LogP contribution in [-0.4, -0.2) is 23.7 Å². The number of aromatic nitrogens is 2. The summed E-state index contributed by atoms with van der Waals surface area (Å²) in [7, 11) is -3.68. The molecule has 0 atom stereocenters. The number of hydrazone groups is 1. The molecule has 0 radical (unpaired) electrons. The molecule has 8 heteroatoms. The average molecular weight is 369 g/mol. The van der Waals surface area contributed by atoms with Crippen molar-refractivity contribution in [2.24, 2.45) is 5.10 Å². The summed E-state index contributed by atoms with van der Waals surface area (Å²) < 4.78 is 26.3. The van der Waals surface area contributed by atoms with Gasteiger partial charge < -0.3 is 4.57 Å². The largest absolute Gasteiger partial charge is 0.313 e. The second kappa shape index (κ2) is 7.36. The van der Waals surface area contributed by atoms with Gasteiger partial charge in [0.15, 0.2) is 5.82 Å². The average Bonchev–Trinajstić information content (AvgIpc) is 3.09. The number of imidazole rings is 1. The zero-order valence-corrected chi connectivity index (χ0v) is 15.7. The van der Waals surface area contributed by atoms with E-state index in [1.54, 1.807) is 24.3 Å². The summed E-state index contributed by atoms with van der Waals surface area (Å²) in [5, 5.41) is 4.60. The van der Waals surface area contributed by atoms with Crippen LogP contribution in [0.1, 0.15) is 37.4 Å². The highest BCUT2D eigenvalue weighted by atomic mass is 35.5. The fourth-order valence-corrected chi connectivity index (χ4v) is 3.34. The quantitative estimate of drug-likeness (QED) is 0.844. The van der Waals surface area contributed by atoms with E-state index in [2.05, 4.69) is 14.9 Å². The number of aryl methyl sites for hydroxylation is 2. The number of nitrogens with zero attached hydrogens (tertiary/aromatic N) is 3. The normalized spacial score (nSPS) is 15.0. The summed E-state index contributed by atoms with van der Waals surface area (Å²) in [6, 6.07) is 6.59. The van der Waals surface area contributed by atoms with Gasteiger partial charge in [-0.05, 0) is 26.0 Å². The number of fused-ring (bicyclic) bond motifs is 1. The van der Waals surface area contributed by atoms with Gasteiger partial charge in [-0.2, -0.15) is 18.4 Å². The van der Waals surface area contributed by atoms with Crippen LogP contribution in [0.15, 0.2) is 34.3 Å². The number of halogens is 1. The van der Waals surface area contributed by atoms with Gasteiger partial charge in [0, 0.05) is 13.0 Å². The highest BCUT2D eigenvalue weighted by Crippen LogP contribution is 2.24. The molecule has 0 spiro atoms. The third-order valence-electron chi connectivity index (χ3n) is 3.53. The van der Waals surface area contributed by atoms with Crippen LogP contribution in [0.4, 0.5) is 0 Å². The van der Waals surface area contributed by atoms with Crippen molar-refractivity contribution in [3.63, 3.8) is 0 Å². The summed E-state index contributed by atoms with van der Waals surface area (Å²) in [6.45, 7) is 8.36. The molecule has 0 saturated heterocycles. The number of sulfonamides is 1. The number of rotatable bonds is 3. The molecule has 0 fully saturated rings. The van der Waals surface area contributed by atoms with Gasteiger partial charge >= 0.3 is 0 Å². The first-order chi connectivity index (χ1) is 11.4. The van der Waals surface area contributed by atoms with Gasteiger partial charge in [0.2, 0.25) is 0 Å². The molecule has 2 heterocycles. The maximum Gasteiger partial charge on any atom is 0.276 e. The van der Waals surface area contributed by atoms with Crippen LogP contribution < -0.4 is 4.83 Å². The first-order valence-electron chi connectivity index (χ1n) is 7.76. The Hall–Kier alpha value is -1.86. The van der Waals surface area contributed by atoms with Gasteiger partial charge in [0.25, 0.3) is 10.0 Å². The van der Waals surface area contributed by atoms with Crippen LogP contribution in [0, 0.1) is 13.8 Å². The standard InChI is InChI=1S/C14H15ClN4O2S.C2H6/c1-9-3-5-11(6-4-9)22(20,21)18-17-12-7-8-19-13(15)10(2)16-14(12)19;1-2/h3-6,18H,7-8H2,1-2H3;1-2H3/b17-12+;. The molecule has 1 aliphatic rings. The van der Waals surface area contributed by atoms with Crippen molar-refractivity contribution in [3.05, 3.63) is 46.5 Å². The molecule has 24 heavy (non-hydrogen) atoms. The highest BCUT2D eigenvalue weighted by molar-refractivity contribution is 7.89. The van der Waals surface area contributed by atoms with Gasteiger partial charge in [-0.3, -0.25) is 0 Å². The van der Waals surface area contributed by atoms with Crippen LogP contribution >= 0.6 is 11.6 Å². The lowest BCUT2D eigenvalue weighted by molar-refractivity contribution is 0.584. The van der Waals surface area contributed by atoms with E-state index in [1.165, 1.54) is 0 Å². The Morgan fingerprint density at radius 1 is 1.21 bits per heavy atom. The molecular formula is C16H21ClN4O2S.